The topological polar surface area (TPSA) is 503 Å². The van der Waals surface area contributed by atoms with E-state index in [1.54, 1.807) is 61.1 Å². The van der Waals surface area contributed by atoms with Crippen molar-refractivity contribution in [3.8, 4) is 0 Å². The van der Waals surface area contributed by atoms with Crippen molar-refractivity contribution in [3.63, 3.8) is 0 Å². The second-order valence-corrected chi connectivity index (χ2v) is 29.3. The largest absolute Gasteiger partial charge is 0.480 e. The molecule has 8 amide bonds. The van der Waals surface area contributed by atoms with Crippen LogP contribution in [0.1, 0.15) is 115 Å². The van der Waals surface area contributed by atoms with E-state index in [9.17, 15) is 103 Å². The number of urea groups is 1. The number of halogens is 1. The summed E-state index contributed by atoms with van der Waals surface area (Å²) in [6.45, 7) is 9.01. The number of hydrogen-bond donors (Lipinski definition) is 15. The van der Waals surface area contributed by atoms with Crippen LogP contribution < -0.4 is 42.5 Å². The van der Waals surface area contributed by atoms with Crippen LogP contribution in [0.4, 0.5) is 8.68 Å². The number of furan rings is 1. The van der Waals surface area contributed by atoms with Crippen LogP contribution in [0.3, 0.4) is 0 Å². The van der Waals surface area contributed by atoms with Crippen LogP contribution in [-0.2, 0) is 64.0 Å². The van der Waals surface area contributed by atoms with Crippen molar-refractivity contribution in [3.05, 3.63) is 54.0 Å². The molecule has 5 atom stereocenters. The van der Waals surface area contributed by atoms with Gasteiger partial charge in [-0.3, -0.25) is 62.8 Å². The third-order valence-electron chi connectivity index (χ3n) is 15.5. The van der Waals surface area contributed by atoms with Crippen molar-refractivity contribution in [1.29, 1.82) is 0 Å². The molecule has 1 aliphatic rings. The maximum atomic E-state index is 17.1. The third-order valence-corrected chi connectivity index (χ3v) is 19.8. The summed E-state index contributed by atoms with van der Waals surface area (Å²) in [5, 5.41) is 87.0. The minimum absolute atomic E-state index is 0.0136. The fourth-order valence-electron chi connectivity index (χ4n) is 10.6. The minimum Gasteiger partial charge on any atom is -0.480 e. The van der Waals surface area contributed by atoms with Gasteiger partial charge in [0.05, 0.1) is 32.4 Å². The fraction of sp³-hybridized carbons (Fsp3) is 0.613. The zero-order chi connectivity index (χ0) is 73.5. The van der Waals surface area contributed by atoms with E-state index in [0.717, 1.165) is 0 Å². The Labute approximate surface area is 567 Å². The summed E-state index contributed by atoms with van der Waals surface area (Å²) in [4.78, 5) is 182. The number of rotatable bonds is 39. The monoisotopic (exact) mass is 1410 g/mol. The van der Waals surface area contributed by atoms with Gasteiger partial charge in [0.15, 0.2) is 0 Å². The number of nitrogens with one attached hydrogen (secondary N) is 8. The number of carboxylic acids is 7. The van der Waals surface area contributed by atoms with Crippen LogP contribution in [0, 0.1) is 0 Å². The summed E-state index contributed by atoms with van der Waals surface area (Å²) >= 11 is 0. The highest BCUT2D eigenvalue weighted by Crippen LogP contribution is 2.73. The van der Waals surface area contributed by atoms with E-state index in [4.69, 9.17) is 4.42 Å². The van der Waals surface area contributed by atoms with Gasteiger partial charge in [-0.25, -0.2) is 24.0 Å². The van der Waals surface area contributed by atoms with Gasteiger partial charge in [-0.2, -0.15) is 3.89 Å². The van der Waals surface area contributed by atoms with Crippen molar-refractivity contribution in [2.24, 2.45) is 0 Å². The highest BCUT2D eigenvalue weighted by atomic mass is 32.3. The molecule has 0 unspecified atom stereocenters. The molecular weight excluding hydrogens is 1320 g/mol. The molecule has 548 valence electrons. The molecule has 1 aromatic heterocycles. The lowest BCUT2D eigenvalue weighted by Crippen LogP contribution is -2.57. The normalized spacial score (nSPS) is 15.7. The number of hydrogen-bond acceptors (Lipinski definition) is 19. The Balaban J connectivity index is 1.61. The molecule has 34 nitrogen and oxygen atoms in total. The molecule has 1 fully saturated rings. The Morgan fingerprint density at radius 2 is 0.888 bits per heavy atom. The van der Waals surface area contributed by atoms with Gasteiger partial charge in [0, 0.05) is 118 Å². The Bertz CT molecular complexity index is 3010. The summed E-state index contributed by atoms with van der Waals surface area (Å²) in [6.07, 6.45) is -0.640. The molecule has 0 bridgehead atoms. The molecular formula is C62H95FN12O22S. The number of nitrogens with zero attached hydrogens (tertiary/aromatic N) is 4. The minimum atomic E-state index is -2.99. The lowest BCUT2D eigenvalue weighted by Gasteiger charge is -2.52. The molecule has 0 spiro atoms. The summed E-state index contributed by atoms with van der Waals surface area (Å²) < 4.78 is 20.6. The number of carbonyl (C=O) groups is 14. The number of carbonyl (C=O) groups excluding carboxylic acids is 7. The Morgan fingerprint density at radius 3 is 1.33 bits per heavy atom. The molecule has 0 radical (unpaired) electrons. The maximum Gasteiger partial charge on any atom is 0.326 e. The van der Waals surface area contributed by atoms with Crippen LogP contribution in [-0.4, -0.2) is 276 Å². The molecule has 15 N–H and O–H groups in total. The van der Waals surface area contributed by atoms with Crippen molar-refractivity contribution < 1.29 is 111 Å². The van der Waals surface area contributed by atoms with E-state index >= 15 is 3.89 Å². The average Bonchev–Trinajstić information content (AvgIpc) is 0.804. The van der Waals surface area contributed by atoms with Gasteiger partial charge < -0.3 is 82.7 Å². The standard InChI is InChI=1S/C62H95FN12O22S/c1-61(2,3)98(63,62(4,5)6)41-16-14-39(15-17-41)54(86)66-34-46(68-50(79)35-72-24-26-73(36-51(80)81)28-30-75(38-53(84)85)31-29-74(27-25-72)37-52(82)83)55(87)69-43(57(90)91)12-7-8-22-64-47(76)20-21-48(77)65-23-9-13-42(56(88)89)67-49(78)19-18-44(58(92)93)70-60(96)71-45(59(94)95)33-40-11-10-32-97-40/h10-11,14-17,32,42-46H,7-9,12-13,18-31,33-38H2,1-6H3,(H,64,76)(H,65,77)(H,66,86)(H,67,78)(H,68,79)(H,69,87)(H,80,81)(H,82,83)(H,84,85)(H,88,89)(H,90,91)(H,92,93)(H,94,95)(H2,70,71,96)/t42-,43-,44+,45+,46-/m1/s1. The summed E-state index contributed by atoms with van der Waals surface area (Å²) in [5.74, 6) is -13.7. The first-order valence-electron chi connectivity index (χ1n) is 31.8. The SMILES string of the molecule is CC(C)(C)S(F)(c1ccc(C(=O)NC[C@@H](NC(=O)CN2CCN(CC(=O)O)CCN(CC(=O)O)CCN(CC(=O)O)CC2)C(=O)N[C@H](CCCCNC(=O)CCC(=O)NCCC[C@@H](NC(=O)CC[C@H](NC(=O)N[C@@H](Cc2ccco2)C(=O)O)C(=O)O)C(=O)O)C(=O)O)cc1)C(C)(C)C. The van der Waals surface area contributed by atoms with Crippen LogP contribution in [0.25, 0.3) is 0 Å². The molecule has 0 saturated carbocycles. The first-order valence-corrected chi connectivity index (χ1v) is 33.3. The predicted molar refractivity (Wildman–Crippen MR) is 349 cm³/mol. The second-order valence-electron chi connectivity index (χ2n) is 25.3. The zero-order valence-corrected chi connectivity index (χ0v) is 56.8. The van der Waals surface area contributed by atoms with Gasteiger partial charge in [-0.15, -0.1) is 0 Å². The molecule has 1 saturated heterocycles. The molecule has 2 aromatic rings. The van der Waals surface area contributed by atoms with Crippen LogP contribution >= 0.6 is 10.4 Å². The van der Waals surface area contributed by atoms with E-state index in [1.165, 1.54) is 42.7 Å². The van der Waals surface area contributed by atoms with Gasteiger partial charge >= 0.3 is 47.8 Å². The fourth-order valence-corrected chi connectivity index (χ4v) is 14.3. The second kappa shape index (κ2) is 40.7. The van der Waals surface area contributed by atoms with Gasteiger partial charge in [-0.05, 0) is 116 Å². The first-order chi connectivity index (χ1) is 45.9. The van der Waals surface area contributed by atoms with Crippen LogP contribution in [0.5, 0.6) is 0 Å². The molecule has 36 heteroatoms. The zero-order valence-electron chi connectivity index (χ0n) is 55.9. The smallest absolute Gasteiger partial charge is 0.326 e. The Morgan fingerprint density at radius 1 is 0.469 bits per heavy atom. The third kappa shape index (κ3) is 30.2. The molecule has 2 heterocycles. The van der Waals surface area contributed by atoms with Gasteiger partial charge in [0.2, 0.25) is 29.5 Å². The highest BCUT2D eigenvalue weighted by molar-refractivity contribution is 8.31. The lowest BCUT2D eigenvalue weighted by atomic mass is 10.1. The Hall–Kier alpha value is -9.00. The van der Waals surface area contributed by atoms with Crippen LogP contribution in [0.2, 0.25) is 0 Å². The van der Waals surface area contributed by atoms with E-state index in [1.807, 2.05) is 0 Å². The quantitative estimate of drug-likeness (QED) is 0.0390. The first kappa shape index (κ1) is 83.2. The maximum absolute atomic E-state index is 17.1. The van der Waals surface area contributed by atoms with Crippen molar-refractivity contribution in [2.75, 3.05) is 98.2 Å². The molecule has 1 aliphatic heterocycles. The summed E-state index contributed by atoms with van der Waals surface area (Å²) in [7, 11) is -2.99. The number of unbranched alkanes of at least 4 members (excludes halogenated alkanes) is 1. The molecule has 0 aliphatic carbocycles. The summed E-state index contributed by atoms with van der Waals surface area (Å²) in [6, 6.07) is -0.118. The van der Waals surface area contributed by atoms with Crippen LogP contribution in [0.15, 0.2) is 52.0 Å². The van der Waals surface area contributed by atoms with Gasteiger partial charge in [0.1, 0.15) is 36.0 Å². The number of carboxylic acid groups (broad SMARTS) is 7. The van der Waals surface area contributed by atoms with Gasteiger partial charge in [-0.1, -0.05) is 10.4 Å². The highest BCUT2D eigenvalue weighted by Gasteiger charge is 2.48. The van der Waals surface area contributed by atoms with E-state index in [2.05, 4.69) is 42.5 Å². The number of benzene rings is 1. The summed E-state index contributed by atoms with van der Waals surface area (Å²) in [5.41, 5.74) is 0.0719. The molecule has 1 aromatic carbocycles. The average molecular weight is 1410 g/mol. The van der Waals surface area contributed by atoms with E-state index < -0.39 is 172 Å². The predicted octanol–water partition coefficient (Wildman–Crippen LogP) is -0.0550. The molecule has 98 heavy (non-hydrogen) atoms. The number of aliphatic carboxylic acids is 7. The van der Waals surface area contributed by atoms with Crippen molar-refractivity contribution in [1.82, 2.24) is 62.1 Å². The van der Waals surface area contributed by atoms with Gasteiger partial charge in [0.25, 0.3) is 5.91 Å². The van der Waals surface area contributed by atoms with Crippen molar-refractivity contribution >= 4 is 93.7 Å². The number of amides is 8. The Kier molecular flexibility index (Phi) is 34.5. The van der Waals surface area contributed by atoms with Crippen molar-refractivity contribution in [2.45, 2.75) is 150 Å². The van der Waals surface area contributed by atoms with E-state index in [0.29, 0.717) is 4.90 Å². The molecule has 3 rings (SSSR count). The van der Waals surface area contributed by atoms with E-state index in [-0.39, 0.29) is 135 Å². The lowest BCUT2D eigenvalue weighted by molar-refractivity contribution is -0.142.